The first kappa shape index (κ1) is 20.3. The normalized spacial score (nSPS) is 14.0. The van der Waals surface area contributed by atoms with Gasteiger partial charge in [-0.05, 0) is 48.0 Å². The highest BCUT2D eigenvalue weighted by molar-refractivity contribution is 7.99. The Kier molecular flexibility index (Phi) is 5.21. The summed E-state index contributed by atoms with van der Waals surface area (Å²) in [5.41, 5.74) is -1.91. The average molecular weight is 430 g/mol. The van der Waals surface area contributed by atoms with E-state index in [1.807, 2.05) is 30.3 Å². The van der Waals surface area contributed by atoms with Gasteiger partial charge in [-0.15, -0.1) is 11.8 Å². The lowest BCUT2D eigenvalue weighted by atomic mass is 9.94. The molecule has 0 aliphatic rings. The zero-order chi connectivity index (χ0) is 21.4. The second-order valence-electron chi connectivity index (χ2n) is 6.81. The third kappa shape index (κ3) is 3.76. The smallest absolute Gasteiger partial charge is 0.422 e. The van der Waals surface area contributed by atoms with Gasteiger partial charge in [0.25, 0.3) is 0 Å². The lowest BCUT2D eigenvalue weighted by Crippen LogP contribution is -2.44. The molecule has 4 rings (SSSR count). The molecule has 30 heavy (non-hydrogen) atoms. The van der Waals surface area contributed by atoms with Gasteiger partial charge in [0.15, 0.2) is 5.60 Å². The second kappa shape index (κ2) is 7.70. The maximum absolute atomic E-state index is 13.9. The van der Waals surface area contributed by atoms with E-state index < -0.39 is 17.5 Å². The Labute approximate surface area is 174 Å². The Bertz CT molecular complexity index is 1180. The van der Waals surface area contributed by atoms with Crippen molar-refractivity contribution in [1.29, 1.82) is 0 Å². The van der Waals surface area contributed by atoms with Crippen molar-refractivity contribution in [2.24, 2.45) is 0 Å². The van der Waals surface area contributed by atoms with Crippen LogP contribution in [-0.4, -0.2) is 31.9 Å². The molecule has 4 nitrogen and oxygen atoms in total. The van der Waals surface area contributed by atoms with Crippen molar-refractivity contribution in [1.82, 2.24) is 9.78 Å². The highest BCUT2D eigenvalue weighted by atomic mass is 32.2. The minimum atomic E-state index is -4.89. The third-order valence-electron chi connectivity index (χ3n) is 4.78. The predicted octanol–water partition coefficient (Wildman–Crippen LogP) is 5.27. The fourth-order valence-corrected chi connectivity index (χ4v) is 4.24. The number of nitrogens with zero attached hydrogens (tertiary/aromatic N) is 2. The van der Waals surface area contributed by atoms with E-state index in [1.54, 1.807) is 10.7 Å². The van der Waals surface area contributed by atoms with Gasteiger partial charge in [0.05, 0.1) is 17.4 Å². The second-order valence-corrected chi connectivity index (χ2v) is 7.86. The average Bonchev–Trinajstić information content (AvgIpc) is 3.15. The van der Waals surface area contributed by atoms with Crippen LogP contribution in [0.25, 0.3) is 16.6 Å². The van der Waals surface area contributed by atoms with Crippen LogP contribution in [0.2, 0.25) is 0 Å². The fraction of sp³-hybridized carbons (Fsp3) is 0.136. The van der Waals surface area contributed by atoms with Crippen molar-refractivity contribution < 1.29 is 23.4 Å². The Balaban J connectivity index is 1.70. The molecule has 0 spiro atoms. The zero-order valence-corrected chi connectivity index (χ0v) is 16.4. The molecule has 0 aliphatic carbocycles. The number of aromatic nitrogens is 2. The largest absolute Gasteiger partial charge is 0.508 e. The number of hydrogen-bond acceptors (Lipinski definition) is 4. The number of benzene rings is 3. The first-order chi connectivity index (χ1) is 14.3. The van der Waals surface area contributed by atoms with Gasteiger partial charge < -0.3 is 10.2 Å². The molecule has 2 N–H and O–H groups in total. The molecule has 8 heteroatoms. The molecule has 1 heterocycles. The number of thioether (sulfide) groups is 1. The summed E-state index contributed by atoms with van der Waals surface area (Å²) in [4.78, 5) is 0.427. The number of halogens is 3. The van der Waals surface area contributed by atoms with Gasteiger partial charge in [-0.25, -0.2) is 4.68 Å². The maximum atomic E-state index is 13.9. The molecule has 4 aromatic rings. The van der Waals surface area contributed by atoms with Crippen LogP contribution in [0.1, 0.15) is 5.56 Å². The molecule has 3 aromatic carbocycles. The van der Waals surface area contributed by atoms with Gasteiger partial charge in [-0.3, -0.25) is 0 Å². The van der Waals surface area contributed by atoms with E-state index in [-0.39, 0.29) is 11.3 Å². The highest BCUT2D eigenvalue weighted by Gasteiger charge is 2.55. The van der Waals surface area contributed by atoms with Crippen molar-refractivity contribution in [3.05, 3.63) is 84.6 Å². The molecule has 1 aromatic heterocycles. The minimum absolute atomic E-state index is 0.0507. The SMILES string of the molecule is Oc1cccc(SCC(O)(c2ccc3c(cnn3-c3ccccc3)c2)C(F)(F)F)c1. The third-order valence-corrected chi connectivity index (χ3v) is 5.93. The summed E-state index contributed by atoms with van der Waals surface area (Å²) < 4.78 is 43.4. The Morgan fingerprint density at radius 2 is 1.70 bits per heavy atom. The monoisotopic (exact) mass is 430 g/mol. The summed E-state index contributed by atoms with van der Waals surface area (Å²) in [7, 11) is 0. The fourth-order valence-electron chi connectivity index (χ4n) is 3.16. The number of alkyl halides is 3. The molecule has 0 radical (unpaired) electrons. The molecule has 0 amide bonds. The van der Waals surface area contributed by atoms with Gasteiger partial charge in [0.2, 0.25) is 0 Å². The van der Waals surface area contributed by atoms with Crippen LogP contribution < -0.4 is 0 Å². The summed E-state index contributed by atoms with van der Waals surface area (Å²) >= 11 is 0.820. The topological polar surface area (TPSA) is 58.3 Å². The van der Waals surface area contributed by atoms with Crippen LogP contribution in [0.4, 0.5) is 13.2 Å². The van der Waals surface area contributed by atoms with Crippen LogP contribution in [0.15, 0.2) is 83.9 Å². The quantitative estimate of drug-likeness (QED) is 0.424. The van der Waals surface area contributed by atoms with E-state index >= 15 is 0 Å². The van der Waals surface area contributed by atoms with Crippen LogP contribution >= 0.6 is 11.8 Å². The van der Waals surface area contributed by atoms with Gasteiger partial charge >= 0.3 is 6.18 Å². The van der Waals surface area contributed by atoms with Crippen LogP contribution in [0.3, 0.4) is 0 Å². The minimum Gasteiger partial charge on any atom is -0.508 e. The Hall–Kier alpha value is -2.97. The summed E-state index contributed by atoms with van der Waals surface area (Å²) in [6.07, 6.45) is -3.41. The van der Waals surface area contributed by atoms with E-state index in [9.17, 15) is 23.4 Å². The summed E-state index contributed by atoms with van der Waals surface area (Å²) in [5, 5.41) is 25.0. The predicted molar refractivity (Wildman–Crippen MR) is 110 cm³/mol. The molecule has 0 bridgehead atoms. The Morgan fingerprint density at radius 3 is 2.40 bits per heavy atom. The number of para-hydroxylation sites is 1. The summed E-state index contributed by atoms with van der Waals surface area (Å²) in [6.45, 7) is 0. The van der Waals surface area contributed by atoms with Crippen molar-refractivity contribution in [2.75, 3.05) is 5.75 Å². The van der Waals surface area contributed by atoms with Crippen LogP contribution in [0.5, 0.6) is 5.75 Å². The zero-order valence-electron chi connectivity index (χ0n) is 15.5. The number of hydrogen-bond donors (Lipinski definition) is 2. The molecule has 1 atom stereocenters. The first-order valence-corrected chi connectivity index (χ1v) is 10.0. The maximum Gasteiger partial charge on any atom is 0.422 e. The molecule has 0 saturated carbocycles. The van der Waals surface area contributed by atoms with Crippen molar-refractivity contribution in [3.8, 4) is 11.4 Å². The molecule has 1 unspecified atom stereocenters. The van der Waals surface area contributed by atoms with Gasteiger partial charge in [-0.2, -0.15) is 18.3 Å². The Morgan fingerprint density at radius 1 is 0.933 bits per heavy atom. The molecule has 0 fully saturated rings. The number of rotatable bonds is 5. The van der Waals surface area contributed by atoms with Crippen molar-refractivity contribution in [3.63, 3.8) is 0 Å². The first-order valence-electron chi connectivity index (χ1n) is 9.02. The highest BCUT2D eigenvalue weighted by Crippen LogP contribution is 2.43. The molecular formula is C22H17F3N2O2S. The van der Waals surface area contributed by atoms with Crippen LogP contribution in [0, 0.1) is 0 Å². The van der Waals surface area contributed by atoms with E-state index in [1.165, 1.54) is 42.6 Å². The molecule has 0 saturated heterocycles. The van der Waals surface area contributed by atoms with E-state index in [0.717, 1.165) is 17.4 Å². The van der Waals surface area contributed by atoms with E-state index in [2.05, 4.69) is 5.10 Å². The standard InChI is InChI=1S/C22H17F3N2O2S/c23-22(24,25)21(29,14-30-19-8-4-7-18(28)12-19)16-9-10-20-15(11-16)13-26-27(20)17-5-2-1-3-6-17/h1-13,28-29H,14H2. The lowest BCUT2D eigenvalue weighted by Gasteiger charge is -2.30. The summed E-state index contributed by atoms with van der Waals surface area (Å²) in [6, 6.07) is 19.3. The number of fused-ring (bicyclic) bond motifs is 1. The van der Waals surface area contributed by atoms with Crippen molar-refractivity contribution >= 4 is 22.7 Å². The lowest BCUT2D eigenvalue weighted by molar-refractivity contribution is -0.256. The van der Waals surface area contributed by atoms with Crippen molar-refractivity contribution in [2.45, 2.75) is 16.7 Å². The van der Waals surface area contributed by atoms with Crippen LogP contribution in [-0.2, 0) is 5.60 Å². The van der Waals surface area contributed by atoms with Gasteiger partial charge in [-0.1, -0.05) is 30.3 Å². The van der Waals surface area contributed by atoms with E-state index in [0.29, 0.717) is 15.8 Å². The number of aliphatic hydroxyl groups is 1. The number of phenols is 1. The van der Waals surface area contributed by atoms with E-state index in [4.69, 9.17) is 0 Å². The van der Waals surface area contributed by atoms with Gasteiger partial charge in [0.1, 0.15) is 5.75 Å². The number of aromatic hydroxyl groups is 1. The molecular weight excluding hydrogens is 413 g/mol. The molecule has 154 valence electrons. The molecule has 0 aliphatic heterocycles. The van der Waals surface area contributed by atoms with Gasteiger partial charge in [0, 0.05) is 16.0 Å². The summed E-state index contributed by atoms with van der Waals surface area (Å²) in [5.74, 6) is -0.705. The number of phenolic OH excluding ortho intramolecular Hbond substituents is 1.